The standard InChI is InChI=1S/C18H23N3O/c22-18(17-9-11-20-13-15(17)8-10-19-20)21(16-6-7-16)12-14-4-2-1-3-5-14/h1-5,9,15-16,19H,6-8,10-13H2. The molecule has 2 bridgehead atoms. The van der Waals surface area contributed by atoms with Crippen LogP contribution in [0.4, 0.5) is 0 Å². The van der Waals surface area contributed by atoms with Crippen molar-refractivity contribution in [3.8, 4) is 0 Å². The van der Waals surface area contributed by atoms with E-state index in [9.17, 15) is 4.79 Å². The molecule has 4 heteroatoms. The molecule has 0 spiro atoms. The van der Waals surface area contributed by atoms with Crippen LogP contribution in [0, 0.1) is 5.92 Å². The molecule has 1 saturated carbocycles. The summed E-state index contributed by atoms with van der Waals surface area (Å²) in [4.78, 5) is 15.2. The molecule has 4 rings (SSSR count). The first-order valence-corrected chi connectivity index (χ1v) is 8.34. The summed E-state index contributed by atoms with van der Waals surface area (Å²) < 4.78 is 0. The van der Waals surface area contributed by atoms with E-state index in [-0.39, 0.29) is 5.91 Å². The van der Waals surface area contributed by atoms with Gasteiger partial charge in [0, 0.05) is 43.7 Å². The summed E-state index contributed by atoms with van der Waals surface area (Å²) in [5.74, 6) is 0.678. The van der Waals surface area contributed by atoms with Crippen LogP contribution in [0.15, 0.2) is 42.0 Å². The number of fused-ring (bicyclic) bond motifs is 2. The van der Waals surface area contributed by atoms with Gasteiger partial charge in [0.05, 0.1) is 0 Å². The molecule has 2 fully saturated rings. The number of nitrogens with zero attached hydrogens (tertiary/aromatic N) is 2. The zero-order chi connectivity index (χ0) is 14.9. The van der Waals surface area contributed by atoms with Crippen LogP contribution in [-0.4, -0.2) is 41.5 Å². The van der Waals surface area contributed by atoms with Gasteiger partial charge in [-0.2, -0.15) is 0 Å². The number of rotatable bonds is 4. The van der Waals surface area contributed by atoms with E-state index < -0.39 is 0 Å². The number of carbonyl (C=O) groups is 1. The minimum Gasteiger partial charge on any atom is -0.332 e. The van der Waals surface area contributed by atoms with E-state index in [4.69, 9.17) is 0 Å². The molecule has 1 N–H and O–H groups in total. The van der Waals surface area contributed by atoms with E-state index >= 15 is 0 Å². The van der Waals surface area contributed by atoms with E-state index in [2.05, 4.69) is 45.7 Å². The summed E-state index contributed by atoms with van der Waals surface area (Å²) in [5, 5.41) is 2.23. The normalized spacial score (nSPS) is 27.2. The van der Waals surface area contributed by atoms with Gasteiger partial charge in [-0.05, 0) is 24.8 Å². The van der Waals surface area contributed by atoms with Gasteiger partial charge in [0.15, 0.2) is 0 Å². The largest absolute Gasteiger partial charge is 0.332 e. The molecule has 2 unspecified atom stereocenters. The van der Waals surface area contributed by atoms with Crippen LogP contribution in [0.25, 0.3) is 0 Å². The van der Waals surface area contributed by atoms with Gasteiger partial charge in [-0.25, -0.2) is 5.01 Å². The average Bonchev–Trinajstić information content (AvgIpc) is 3.38. The van der Waals surface area contributed by atoms with Crippen molar-refractivity contribution in [3.63, 3.8) is 0 Å². The van der Waals surface area contributed by atoms with Crippen molar-refractivity contribution >= 4 is 5.91 Å². The summed E-state index contributed by atoms with van der Waals surface area (Å²) in [5.41, 5.74) is 5.66. The minimum atomic E-state index is 0.276. The second-order valence-electron chi connectivity index (χ2n) is 6.61. The third kappa shape index (κ3) is 2.81. The smallest absolute Gasteiger partial charge is 0.250 e. The average molecular weight is 297 g/mol. The maximum atomic E-state index is 13.1. The molecule has 1 aromatic rings. The van der Waals surface area contributed by atoms with Gasteiger partial charge in [-0.15, -0.1) is 0 Å². The van der Waals surface area contributed by atoms with Gasteiger partial charge in [0.1, 0.15) is 0 Å². The monoisotopic (exact) mass is 297 g/mol. The molecule has 3 aliphatic rings. The predicted octanol–water partition coefficient (Wildman–Crippen LogP) is 1.94. The Hall–Kier alpha value is -1.65. The van der Waals surface area contributed by atoms with Crippen LogP contribution in [0.5, 0.6) is 0 Å². The Labute approximate surface area is 131 Å². The molecule has 1 amide bonds. The van der Waals surface area contributed by atoms with Crippen molar-refractivity contribution in [3.05, 3.63) is 47.5 Å². The molecule has 116 valence electrons. The first-order chi connectivity index (χ1) is 10.8. The third-order valence-electron chi connectivity index (χ3n) is 4.93. The summed E-state index contributed by atoms with van der Waals surface area (Å²) in [6, 6.07) is 10.8. The molecular weight excluding hydrogens is 274 g/mol. The fourth-order valence-corrected chi connectivity index (χ4v) is 3.55. The first-order valence-electron chi connectivity index (χ1n) is 8.34. The lowest BCUT2D eigenvalue weighted by Gasteiger charge is -2.39. The van der Waals surface area contributed by atoms with E-state index in [1.54, 1.807) is 0 Å². The Balaban J connectivity index is 1.53. The van der Waals surface area contributed by atoms with Crippen LogP contribution in [-0.2, 0) is 11.3 Å². The zero-order valence-corrected chi connectivity index (χ0v) is 12.9. The highest BCUT2D eigenvalue weighted by molar-refractivity contribution is 5.94. The fourth-order valence-electron chi connectivity index (χ4n) is 3.55. The Morgan fingerprint density at radius 2 is 2.05 bits per heavy atom. The summed E-state index contributed by atoms with van der Waals surface area (Å²) in [7, 11) is 0. The Morgan fingerprint density at radius 3 is 2.82 bits per heavy atom. The van der Waals surface area contributed by atoms with E-state index in [0.717, 1.165) is 51.0 Å². The first kappa shape index (κ1) is 14.0. The van der Waals surface area contributed by atoms with Crippen molar-refractivity contribution < 1.29 is 4.79 Å². The second-order valence-corrected chi connectivity index (χ2v) is 6.61. The molecule has 4 nitrogen and oxygen atoms in total. The maximum absolute atomic E-state index is 13.1. The predicted molar refractivity (Wildman–Crippen MR) is 85.8 cm³/mol. The second kappa shape index (κ2) is 5.86. The van der Waals surface area contributed by atoms with Gasteiger partial charge in [0.25, 0.3) is 0 Å². The number of benzene rings is 1. The lowest BCUT2D eigenvalue weighted by molar-refractivity contribution is -0.129. The van der Waals surface area contributed by atoms with Gasteiger partial charge in [-0.3, -0.25) is 10.2 Å². The Bertz CT molecular complexity index is 579. The summed E-state index contributed by atoms with van der Waals surface area (Å²) in [6.45, 7) is 3.55. The molecule has 22 heavy (non-hydrogen) atoms. The molecule has 2 aliphatic heterocycles. The van der Waals surface area contributed by atoms with Crippen LogP contribution in [0.2, 0.25) is 0 Å². The number of amides is 1. The molecule has 1 saturated heterocycles. The van der Waals surface area contributed by atoms with Gasteiger partial charge in [0.2, 0.25) is 5.91 Å². The molecule has 0 aromatic heterocycles. The van der Waals surface area contributed by atoms with Crippen molar-refractivity contribution in [2.45, 2.75) is 31.8 Å². The number of carbonyl (C=O) groups excluding carboxylic acids is 1. The third-order valence-corrected chi connectivity index (χ3v) is 4.93. The van der Waals surface area contributed by atoms with E-state index in [0.29, 0.717) is 12.0 Å². The maximum Gasteiger partial charge on any atom is 0.250 e. The van der Waals surface area contributed by atoms with Crippen LogP contribution in [0.1, 0.15) is 24.8 Å². The van der Waals surface area contributed by atoms with Crippen molar-refractivity contribution in [1.29, 1.82) is 0 Å². The van der Waals surface area contributed by atoms with E-state index in [1.807, 2.05) is 6.07 Å². The van der Waals surface area contributed by atoms with Crippen LogP contribution < -0.4 is 5.43 Å². The highest BCUT2D eigenvalue weighted by Crippen LogP contribution is 2.33. The van der Waals surface area contributed by atoms with Gasteiger partial charge >= 0.3 is 0 Å². The number of nitrogens with one attached hydrogen (secondary N) is 1. The topological polar surface area (TPSA) is 35.6 Å². The SMILES string of the molecule is O=C(C1=CCN2CC1CCN2)N(Cc1ccccc1)C1CC1. The zero-order valence-electron chi connectivity index (χ0n) is 12.9. The number of hydrogen-bond donors (Lipinski definition) is 1. The van der Waals surface area contributed by atoms with Crippen molar-refractivity contribution in [1.82, 2.24) is 15.3 Å². The highest BCUT2D eigenvalue weighted by Gasteiger charge is 2.37. The molecule has 2 atom stereocenters. The molecule has 0 radical (unpaired) electrons. The molecular formula is C18H23N3O. The van der Waals surface area contributed by atoms with Crippen molar-refractivity contribution in [2.24, 2.45) is 5.92 Å². The molecule has 1 aromatic carbocycles. The molecule has 2 heterocycles. The highest BCUT2D eigenvalue weighted by atomic mass is 16.2. The lowest BCUT2D eigenvalue weighted by atomic mass is 9.89. The number of hydrogen-bond acceptors (Lipinski definition) is 3. The molecule has 1 aliphatic carbocycles. The van der Waals surface area contributed by atoms with Crippen molar-refractivity contribution in [2.75, 3.05) is 19.6 Å². The van der Waals surface area contributed by atoms with Gasteiger partial charge < -0.3 is 4.90 Å². The summed E-state index contributed by atoms with van der Waals surface area (Å²) >= 11 is 0. The lowest BCUT2D eigenvalue weighted by Crippen LogP contribution is -2.52. The van der Waals surface area contributed by atoms with Crippen LogP contribution >= 0.6 is 0 Å². The van der Waals surface area contributed by atoms with Gasteiger partial charge in [-0.1, -0.05) is 36.4 Å². The van der Waals surface area contributed by atoms with E-state index in [1.165, 1.54) is 5.56 Å². The number of hydrazine groups is 1. The van der Waals surface area contributed by atoms with Crippen LogP contribution in [0.3, 0.4) is 0 Å². The summed E-state index contributed by atoms with van der Waals surface area (Å²) in [6.07, 6.45) is 5.52. The Kier molecular flexibility index (Phi) is 3.72. The quantitative estimate of drug-likeness (QED) is 0.922. The fraction of sp³-hybridized carbons (Fsp3) is 0.500. The Morgan fingerprint density at radius 1 is 1.23 bits per heavy atom. The minimum absolute atomic E-state index is 0.276.